The van der Waals surface area contributed by atoms with Gasteiger partial charge < -0.3 is 10.0 Å². The number of amides is 2. The summed E-state index contributed by atoms with van der Waals surface area (Å²) in [5.41, 5.74) is -0.669. The number of carbonyl (C=O) groups is 2. The number of nitrogens with zero attached hydrogens (tertiary/aromatic N) is 3. The highest BCUT2D eigenvalue weighted by Gasteiger charge is 2.41. The second kappa shape index (κ2) is 6.17. The van der Waals surface area contributed by atoms with Crippen LogP contribution in [0.2, 0.25) is 0 Å². The molecule has 0 atom stereocenters. The number of carboxylic acids is 1. The third-order valence-electron chi connectivity index (χ3n) is 3.78. The summed E-state index contributed by atoms with van der Waals surface area (Å²) in [5.74, 6) is -0.744. The lowest BCUT2D eigenvalue weighted by Crippen LogP contribution is -2.47. The maximum Gasteiger partial charge on any atom is 0.322 e. The first kappa shape index (κ1) is 14.7. The molecule has 1 aliphatic rings. The van der Waals surface area contributed by atoms with Gasteiger partial charge in [0.05, 0.1) is 11.6 Å². The minimum atomic E-state index is -0.744. The largest absolute Gasteiger partial charge is 0.481 e. The van der Waals surface area contributed by atoms with Gasteiger partial charge in [-0.2, -0.15) is 0 Å². The average molecular weight is 298 g/mol. The molecular formula is C12H18N4O3S. The summed E-state index contributed by atoms with van der Waals surface area (Å²) in [6.45, 7) is 2.91. The Bertz CT molecular complexity index is 469. The molecule has 20 heavy (non-hydrogen) atoms. The van der Waals surface area contributed by atoms with Crippen molar-refractivity contribution >= 4 is 28.5 Å². The van der Waals surface area contributed by atoms with Crippen LogP contribution in [0.25, 0.3) is 0 Å². The van der Waals surface area contributed by atoms with Crippen LogP contribution < -0.4 is 5.32 Å². The number of hydrogen-bond acceptors (Lipinski definition) is 5. The number of urea groups is 1. The first-order chi connectivity index (χ1) is 9.57. The van der Waals surface area contributed by atoms with Crippen LogP contribution in [0, 0.1) is 5.41 Å². The molecule has 2 rings (SSSR count). The third-order valence-corrected chi connectivity index (χ3v) is 4.36. The fourth-order valence-corrected chi connectivity index (χ4v) is 3.00. The number of carbonyl (C=O) groups excluding carboxylic acids is 1. The van der Waals surface area contributed by atoms with Crippen LogP contribution in [0.1, 0.15) is 32.6 Å². The minimum absolute atomic E-state index is 0.216. The van der Waals surface area contributed by atoms with Gasteiger partial charge in [-0.25, -0.2) is 4.79 Å². The summed E-state index contributed by atoms with van der Waals surface area (Å²) in [7, 11) is 0. The standard InChI is InChI=1S/C12H18N4O3S/c1-2-3-12(10(17)18)4-6-16(7-5-12)11(19)14-9-8-13-15-20-9/h8H,2-7H2,1H3,(H,14,19)(H,17,18). The van der Waals surface area contributed by atoms with Gasteiger partial charge in [-0.05, 0) is 19.3 Å². The average Bonchev–Trinajstić information content (AvgIpc) is 2.92. The van der Waals surface area contributed by atoms with Crippen LogP contribution in [0.4, 0.5) is 9.80 Å². The molecule has 0 aromatic carbocycles. The van der Waals surface area contributed by atoms with E-state index in [1.54, 1.807) is 4.90 Å². The van der Waals surface area contributed by atoms with Crippen molar-refractivity contribution in [3.63, 3.8) is 0 Å². The Morgan fingerprint density at radius 2 is 2.20 bits per heavy atom. The van der Waals surface area contributed by atoms with E-state index in [-0.39, 0.29) is 6.03 Å². The van der Waals surface area contributed by atoms with E-state index in [2.05, 4.69) is 14.9 Å². The quantitative estimate of drug-likeness (QED) is 0.886. The number of aromatic nitrogens is 2. The topological polar surface area (TPSA) is 95.4 Å². The molecule has 2 amide bonds. The van der Waals surface area contributed by atoms with Crippen LogP contribution in [-0.4, -0.2) is 44.7 Å². The third kappa shape index (κ3) is 3.06. The molecule has 0 unspecified atom stereocenters. The second-order valence-electron chi connectivity index (χ2n) is 5.03. The first-order valence-corrected chi connectivity index (χ1v) is 7.41. The van der Waals surface area contributed by atoms with E-state index in [0.29, 0.717) is 37.4 Å². The molecule has 0 saturated carbocycles. The summed E-state index contributed by atoms with van der Waals surface area (Å²) in [4.78, 5) is 25.1. The Labute approximate surface area is 121 Å². The van der Waals surface area contributed by atoms with Gasteiger partial charge in [-0.3, -0.25) is 10.1 Å². The number of likely N-dealkylation sites (tertiary alicyclic amines) is 1. The molecule has 1 aromatic rings. The van der Waals surface area contributed by atoms with Crippen molar-refractivity contribution in [3.8, 4) is 0 Å². The van der Waals surface area contributed by atoms with Crippen molar-refractivity contribution in [2.45, 2.75) is 32.6 Å². The predicted molar refractivity (Wildman–Crippen MR) is 74.7 cm³/mol. The zero-order valence-corrected chi connectivity index (χ0v) is 12.2. The number of rotatable bonds is 4. The maximum absolute atomic E-state index is 12.0. The maximum atomic E-state index is 12.0. The van der Waals surface area contributed by atoms with E-state index in [0.717, 1.165) is 18.0 Å². The van der Waals surface area contributed by atoms with Gasteiger partial charge in [-0.1, -0.05) is 17.8 Å². The molecule has 2 N–H and O–H groups in total. The van der Waals surface area contributed by atoms with Crippen molar-refractivity contribution in [2.24, 2.45) is 5.41 Å². The zero-order chi connectivity index (χ0) is 14.6. The van der Waals surface area contributed by atoms with Gasteiger partial charge in [0.25, 0.3) is 0 Å². The lowest BCUT2D eigenvalue weighted by molar-refractivity contribution is -0.152. The van der Waals surface area contributed by atoms with E-state index < -0.39 is 11.4 Å². The summed E-state index contributed by atoms with van der Waals surface area (Å²) < 4.78 is 3.67. The molecule has 0 bridgehead atoms. The number of carboxylic acid groups (broad SMARTS) is 1. The van der Waals surface area contributed by atoms with Crippen molar-refractivity contribution in [1.82, 2.24) is 14.5 Å². The highest BCUT2D eigenvalue weighted by Crippen LogP contribution is 2.36. The van der Waals surface area contributed by atoms with Gasteiger partial charge in [-0.15, -0.1) is 5.10 Å². The van der Waals surface area contributed by atoms with E-state index in [1.807, 2.05) is 6.92 Å². The molecule has 7 nitrogen and oxygen atoms in total. The van der Waals surface area contributed by atoms with Crippen LogP contribution in [0.3, 0.4) is 0 Å². The highest BCUT2D eigenvalue weighted by atomic mass is 32.1. The fourth-order valence-electron chi connectivity index (χ4n) is 2.59. The summed E-state index contributed by atoms with van der Waals surface area (Å²) in [5, 5.41) is 16.4. The Morgan fingerprint density at radius 1 is 1.50 bits per heavy atom. The lowest BCUT2D eigenvalue weighted by atomic mass is 9.75. The van der Waals surface area contributed by atoms with Gasteiger partial charge in [0.2, 0.25) is 0 Å². The number of anilines is 1. The number of hydrogen-bond donors (Lipinski definition) is 2. The van der Waals surface area contributed by atoms with Crippen molar-refractivity contribution in [2.75, 3.05) is 18.4 Å². The monoisotopic (exact) mass is 298 g/mol. The Kier molecular flexibility index (Phi) is 4.53. The lowest BCUT2D eigenvalue weighted by Gasteiger charge is -2.38. The molecule has 0 aliphatic carbocycles. The van der Waals surface area contributed by atoms with E-state index in [4.69, 9.17) is 0 Å². The zero-order valence-electron chi connectivity index (χ0n) is 11.3. The molecule has 2 heterocycles. The number of nitrogens with one attached hydrogen (secondary N) is 1. The predicted octanol–water partition coefficient (Wildman–Crippen LogP) is 2.04. The van der Waals surface area contributed by atoms with Crippen molar-refractivity contribution < 1.29 is 14.7 Å². The molecule has 8 heteroatoms. The van der Waals surface area contributed by atoms with Crippen LogP contribution in [0.5, 0.6) is 0 Å². The van der Waals surface area contributed by atoms with Gasteiger partial charge >= 0.3 is 12.0 Å². The fraction of sp³-hybridized carbons (Fsp3) is 0.667. The summed E-state index contributed by atoms with van der Waals surface area (Å²) in [6.07, 6.45) is 4.00. The smallest absolute Gasteiger partial charge is 0.322 e. The highest BCUT2D eigenvalue weighted by molar-refractivity contribution is 7.10. The van der Waals surface area contributed by atoms with E-state index >= 15 is 0 Å². The molecular weight excluding hydrogens is 280 g/mol. The van der Waals surface area contributed by atoms with Crippen molar-refractivity contribution in [1.29, 1.82) is 0 Å². The summed E-state index contributed by atoms with van der Waals surface area (Å²) >= 11 is 1.11. The van der Waals surface area contributed by atoms with Crippen LogP contribution in [0.15, 0.2) is 6.20 Å². The molecule has 0 spiro atoms. The minimum Gasteiger partial charge on any atom is -0.481 e. The second-order valence-corrected chi connectivity index (χ2v) is 5.82. The molecule has 1 aromatic heterocycles. The van der Waals surface area contributed by atoms with Gasteiger partial charge in [0.1, 0.15) is 5.00 Å². The molecule has 1 aliphatic heterocycles. The Morgan fingerprint density at radius 3 is 2.70 bits per heavy atom. The van der Waals surface area contributed by atoms with Gasteiger partial charge in [0.15, 0.2) is 0 Å². The van der Waals surface area contributed by atoms with Crippen LogP contribution in [-0.2, 0) is 4.79 Å². The Balaban J connectivity index is 1.93. The molecule has 1 saturated heterocycles. The van der Waals surface area contributed by atoms with E-state index in [1.165, 1.54) is 6.20 Å². The van der Waals surface area contributed by atoms with Crippen LogP contribution >= 0.6 is 11.5 Å². The first-order valence-electron chi connectivity index (χ1n) is 6.64. The summed E-state index contributed by atoms with van der Waals surface area (Å²) in [6, 6.07) is -0.216. The van der Waals surface area contributed by atoms with E-state index in [9.17, 15) is 14.7 Å². The number of piperidine rings is 1. The normalized spacial score (nSPS) is 17.8. The van der Waals surface area contributed by atoms with Crippen molar-refractivity contribution in [3.05, 3.63) is 6.20 Å². The SMILES string of the molecule is CCCC1(C(=O)O)CCN(C(=O)Nc2cnns2)CC1. The number of aliphatic carboxylic acids is 1. The molecule has 110 valence electrons. The molecule has 0 radical (unpaired) electrons. The Hall–Kier alpha value is -1.70. The van der Waals surface area contributed by atoms with Gasteiger partial charge in [0, 0.05) is 24.6 Å². The molecule has 1 fully saturated rings.